The highest BCUT2D eigenvalue weighted by molar-refractivity contribution is 5.95. The highest BCUT2D eigenvalue weighted by Gasteiger charge is 2.40. The Morgan fingerprint density at radius 1 is 1.33 bits per heavy atom. The van der Waals surface area contributed by atoms with E-state index in [0.29, 0.717) is 0 Å². The van der Waals surface area contributed by atoms with Crippen LogP contribution in [0.2, 0.25) is 0 Å². The number of halogens is 2. The van der Waals surface area contributed by atoms with Crippen molar-refractivity contribution in [3.63, 3.8) is 0 Å². The number of ketones is 1. The maximum absolute atomic E-state index is 14.8. The van der Waals surface area contributed by atoms with Crippen LogP contribution in [0.25, 0.3) is 10.9 Å². The van der Waals surface area contributed by atoms with Crippen LogP contribution in [0.3, 0.4) is 0 Å². The minimum Gasteiger partial charge on any atom is -0.477 e. The summed E-state index contributed by atoms with van der Waals surface area (Å²) >= 11 is 0. The summed E-state index contributed by atoms with van der Waals surface area (Å²) < 4.78 is 29.2. The lowest BCUT2D eigenvalue weighted by atomic mass is 9.92. The molecule has 0 unspecified atom stereocenters. The lowest BCUT2D eigenvalue weighted by molar-refractivity contribution is -0.122. The lowest BCUT2D eigenvalue weighted by Gasteiger charge is -2.21. The van der Waals surface area contributed by atoms with Crippen LogP contribution in [0.15, 0.2) is 17.1 Å². The van der Waals surface area contributed by atoms with E-state index in [4.69, 9.17) is 5.11 Å². The topological polar surface area (TPSA) is 90.5 Å². The van der Waals surface area contributed by atoms with Crippen LogP contribution in [-0.2, 0) is 4.79 Å². The molecule has 2 N–H and O–H groups in total. The first-order chi connectivity index (χ1) is 11.1. The number of carboxylic acid groups (broad SMARTS) is 1. The standard InChI is InChI=1S/C16H14F2N2O4/c1-16(2)6-20(5-10(16)21)13-9(17)3-7-12(11(13)18)19-4-8(14(7)22)15(23)24/h3-4H,5-6H2,1-2H3,(H,19,22)(H,23,24). The Morgan fingerprint density at radius 3 is 2.54 bits per heavy atom. The highest BCUT2D eigenvalue weighted by atomic mass is 19.1. The summed E-state index contributed by atoms with van der Waals surface area (Å²) in [4.78, 5) is 38.6. The quantitative estimate of drug-likeness (QED) is 0.874. The van der Waals surface area contributed by atoms with Gasteiger partial charge in [0.25, 0.3) is 0 Å². The molecule has 0 spiro atoms. The number of pyridine rings is 1. The van der Waals surface area contributed by atoms with Crippen LogP contribution in [0.1, 0.15) is 24.2 Å². The fourth-order valence-corrected chi connectivity index (χ4v) is 2.90. The summed E-state index contributed by atoms with van der Waals surface area (Å²) in [5.74, 6) is -3.67. The van der Waals surface area contributed by atoms with Gasteiger partial charge < -0.3 is 15.0 Å². The van der Waals surface area contributed by atoms with Crippen molar-refractivity contribution in [1.29, 1.82) is 0 Å². The molecule has 1 fully saturated rings. The van der Waals surface area contributed by atoms with Crippen molar-refractivity contribution in [1.82, 2.24) is 4.98 Å². The third-order valence-electron chi connectivity index (χ3n) is 4.27. The number of nitrogens with zero attached hydrogens (tertiary/aromatic N) is 1. The number of H-pyrrole nitrogens is 1. The molecule has 3 rings (SSSR count). The maximum Gasteiger partial charge on any atom is 0.341 e. The molecule has 0 amide bonds. The number of aromatic amines is 1. The highest BCUT2D eigenvalue weighted by Crippen LogP contribution is 2.35. The summed E-state index contributed by atoms with van der Waals surface area (Å²) in [6, 6.07) is 0.800. The third kappa shape index (κ3) is 2.26. The first-order valence-corrected chi connectivity index (χ1v) is 7.18. The number of hydrogen-bond acceptors (Lipinski definition) is 4. The van der Waals surface area contributed by atoms with Crippen molar-refractivity contribution < 1.29 is 23.5 Å². The first-order valence-electron chi connectivity index (χ1n) is 7.18. The first kappa shape index (κ1) is 16.1. The number of nitrogens with one attached hydrogen (secondary N) is 1. The number of aromatic nitrogens is 1. The summed E-state index contributed by atoms with van der Waals surface area (Å²) in [6.45, 7) is 3.38. The minimum absolute atomic E-state index is 0.135. The van der Waals surface area contributed by atoms with Gasteiger partial charge in [0.1, 0.15) is 17.1 Å². The van der Waals surface area contributed by atoms with Gasteiger partial charge in [0.15, 0.2) is 11.6 Å². The molecule has 1 aromatic carbocycles. The van der Waals surface area contributed by atoms with E-state index >= 15 is 0 Å². The molecule has 0 atom stereocenters. The van der Waals surface area contributed by atoms with Crippen LogP contribution in [0, 0.1) is 17.0 Å². The smallest absolute Gasteiger partial charge is 0.341 e. The molecule has 0 aliphatic carbocycles. The fourth-order valence-electron chi connectivity index (χ4n) is 2.90. The maximum atomic E-state index is 14.8. The van der Waals surface area contributed by atoms with Gasteiger partial charge >= 0.3 is 5.97 Å². The Balaban J connectivity index is 2.23. The molecule has 2 aromatic rings. The Morgan fingerprint density at radius 2 is 2.00 bits per heavy atom. The van der Waals surface area contributed by atoms with E-state index in [1.807, 2.05) is 0 Å². The number of aromatic carboxylic acids is 1. The number of carbonyl (C=O) groups excluding carboxylic acids is 1. The molecular formula is C16H14F2N2O4. The molecule has 1 saturated heterocycles. The summed E-state index contributed by atoms with van der Waals surface area (Å²) in [7, 11) is 0. The van der Waals surface area contributed by atoms with Crippen molar-refractivity contribution in [2.45, 2.75) is 13.8 Å². The van der Waals surface area contributed by atoms with Gasteiger partial charge in [0.2, 0.25) is 5.43 Å². The van der Waals surface area contributed by atoms with Gasteiger partial charge in [-0.25, -0.2) is 13.6 Å². The minimum atomic E-state index is -1.49. The van der Waals surface area contributed by atoms with E-state index in [1.54, 1.807) is 13.8 Å². The normalized spacial score (nSPS) is 16.8. The monoisotopic (exact) mass is 336 g/mol. The molecule has 6 nitrogen and oxygen atoms in total. The van der Waals surface area contributed by atoms with Gasteiger partial charge in [-0.15, -0.1) is 0 Å². The summed E-state index contributed by atoms with van der Waals surface area (Å²) in [6.07, 6.45) is 0.872. The number of benzene rings is 1. The van der Waals surface area contributed by atoms with E-state index in [2.05, 4.69) is 4.98 Å². The Labute approximate surface area is 134 Å². The largest absolute Gasteiger partial charge is 0.477 e. The molecule has 1 aliphatic heterocycles. The van der Waals surface area contributed by atoms with Gasteiger partial charge in [-0.05, 0) is 6.07 Å². The number of fused-ring (bicyclic) bond motifs is 1. The van der Waals surface area contributed by atoms with Gasteiger partial charge in [0.05, 0.1) is 17.4 Å². The Kier molecular flexibility index (Phi) is 3.43. The third-order valence-corrected chi connectivity index (χ3v) is 4.27. The van der Waals surface area contributed by atoms with Crippen LogP contribution in [-0.4, -0.2) is 34.9 Å². The Hall–Kier alpha value is -2.77. The molecule has 8 heteroatoms. The lowest BCUT2D eigenvalue weighted by Crippen LogP contribution is -2.25. The predicted octanol–water partition coefficient (Wildman–Crippen LogP) is 1.92. The van der Waals surface area contributed by atoms with E-state index < -0.39 is 45.1 Å². The van der Waals surface area contributed by atoms with Crippen molar-refractivity contribution in [3.8, 4) is 0 Å². The van der Waals surface area contributed by atoms with E-state index in [0.717, 1.165) is 12.3 Å². The predicted molar refractivity (Wildman–Crippen MR) is 82.4 cm³/mol. The van der Waals surface area contributed by atoms with Crippen LogP contribution in [0.5, 0.6) is 0 Å². The zero-order valence-electron chi connectivity index (χ0n) is 12.9. The average Bonchev–Trinajstić information content (AvgIpc) is 2.73. The second-order valence-electron chi connectivity index (χ2n) is 6.44. The number of rotatable bonds is 2. The summed E-state index contributed by atoms with van der Waals surface area (Å²) in [5.41, 5.74) is -3.00. The molecule has 0 saturated carbocycles. The van der Waals surface area contributed by atoms with Gasteiger partial charge in [0, 0.05) is 18.2 Å². The van der Waals surface area contributed by atoms with Gasteiger partial charge in [-0.3, -0.25) is 9.59 Å². The van der Waals surface area contributed by atoms with Crippen molar-refractivity contribution >= 4 is 28.3 Å². The van der Waals surface area contributed by atoms with Gasteiger partial charge in [-0.1, -0.05) is 13.8 Å². The van der Waals surface area contributed by atoms with E-state index in [9.17, 15) is 23.2 Å². The zero-order valence-corrected chi connectivity index (χ0v) is 12.9. The SMILES string of the molecule is CC1(C)CN(c2c(F)cc3c(=O)c(C(=O)O)c[nH]c3c2F)CC1=O. The second-order valence-corrected chi connectivity index (χ2v) is 6.44. The van der Waals surface area contributed by atoms with Crippen molar-refractivity contribution in [3.05, 3.63) is 39.7 Å². The number of hydrogen-bond donors (Lipinski definition) is 2. The van der Waals surface area contributed by atoms with Crippen molar-refractivity contribution in [2.75, 3.05) is 18.0 Å². The molecule has 126 valence electrons. The fraction of sp³-hybridized carbons (Fsp3) is 0.312. The Bertz CT molecular complexity index is 949. The number of carbonyl (C=O) groups is 2. The number of Topliss-reactive ketones (excluding diaryl/α,β-unsaturated/α-hetero) is 1. The van der Waals surface area contributed by atoms with Crippen LogP contribution >= 0.6 is 0 Å². The number of anilines is 1. The molecule has 2 heterocycles. The molecular weight excluding hydrogens is 322 g/mol. The van der Waals surface area contributed by atoms with E-state index in [1.165, 1.54) is 4.90 Å². The average molecular weight is 336 g/mol. The molecule has 0 radical (unpaired) electrons. The molecule has 0 bridgehead atoms. The summed E-state index contributed by atoms with van der Waals surface area (Å²) in [5, 5.41) is 8.53. The van der Waals surface area contributed by atoms with Crippen molar-refractivity contribution in [2.24, 2.45) is 5.41 Å². The van der Waals surface area contributed by atoms with E-state index in [-0.39, 0.29) is 24.4 Å². The van der Waals surface area contributed by atoms with Crippen LogP contribution < -0.4 is 10.3 Å². The second kappa shape index (κ2) is 5.12. The molecule has 1 aromatic heterocycles. The van der Waals surface area contributed by atoms with Crippen LogP contribution in [0.4, 0.5) is 14.5 Å². The van der Waals surface area contributed by atoms with Gasteiger partial charge in [-0.2, -0.15) is 0 Å². The zero-order chi connectivity index (χ0) is 17.8. The molecule has 1 aliphatic rings. The number of carboxylic acids is 1. The molecule has 24 heavy (non-hydrogen) atoms.